The normalized spacial score (nSPS) is 13.6. The first-order valence-electron chi connectivity index (χ1n) is 10.9. The maximum absolute atomic E-state index is 13.5. The van der Waals surface area contributed by atoms with Crippen molar-refractivity contribution in [3.8, 4) is 0 Å². The van der Waals surface area contributed by atoms with Crippen molar-refractivity contribution in [1.82, 2.24) is 24.3 Å². The molecule has 5 aromatic rings. The first kappa shape index (κ1) is 20.6. The number of nitrogens with zero attached hydrogens (tertiary/aromatic N) is 5. The van der Waals surface area contributed by atoms with Crippen LogP contribution in [0.4, 0.5) is 5.69 Å². The van der Waals surface area contributed by atoms with Crippen molar-refractivity contribution in [3.63, 3.8) is 0 Å². The number of halogens is 1. The van der Waals surface area contributed by atoms with Crippen molar-refractivity contribution in [3.05, 3.63) is 81.9 Å². The molecule has 1 fully saturated rings. The minimum Gasteiger partial charge on any atom is -0.337 e. The van der Waals surface area contributed by atoms with E-state index in [4.69, 9.17) is 16.1 Å². The highest BCUT2D eigenvalue weighted by atomic mass is 35.5. The van der Waals surface area contributed by atoms with Crippen LogP contribution in [0.15, 0.2) is 64.2 Å². The minimum atomic E-state index is -0.309. The predicted octanol–water partition coefficient (Wildman–Crippen LogP) is 3.95. The number of fused-ring (bicyclic) bond motifs is 3. The summed E-state index contributed by atoms with van der Waals surface area (Å²) in [6, 6.07) is 14.5. The van der Waals surface area contributed by atoms with Gasteiger partial charge in [-0.05, 0) is 31.0 Å². The molecule has 170 valence electrons. The lowest BCUT2D eigenvalue weighted by Gasteiger charge is -2.10. The third-order valence-corrected chi connectivity index (χ3v) is 6.24. The number of hydrogen-bond acceptors (Lipinski definition) is 6. The Morgan fingerprint density at radius 3 is 2.76 bits per heavy atom. The third-order valence-electron chi connectivity index (χ3n) is 5.92. The van der Waals surface area contributed by atoms with Crippen molar-refractivity contribution < 1.29 is 9.32 Å². The van der Waals surface area contributed by atoms with Gasteiger partial charge in [0, 0.05) is 11.3 Å². The van der Waals surface area contributed by atoms with Gasteiger partial charge in [-0.15, -0.1) is 0 Å². The van der Waals surface area contributed by atoms with Crippen molar-refractivity contribution in [2.45, 2.75) is 31.8 Å². The number of anilines is 1. The number of amides is 1. The van der Waals surface area contributed by atoms with E-state index in [0.717, 1.165) is 23.7 Å². The number of para-hydroxylation sites is 2. The molecule has 3 aromatic heterocycles. The van der Waals surface area contributed by atoms with Crippen molar-refractivity contribution in [2.24, 2.45) is 0 Å². The van der Waals surface area contributed by atoms with Crippen molar-refractivity contribution >= 4 is 45.1 Å². The first-order valence-corrected chi connectivity index (χ1v) is 11.3. The Balaban J connectivity index is 1.40. The molecule has 0 bridgehead atoms. The highest BCUT2D eigenvalue weighted by Gasteiger charge is 2.29. The molecule has 1 amide bonds. The van der Waals surface area contributed by atoms with Crippen LogP contribution in [0.2, 0.25) is 5.02 Å². The molecule has 0 radical (unpaired) electrons. The Labute approximate surface area is 198 Å². The quantitative estimate of drug-likeness (QED) is 0.399. The molecule has 9 nitrogen and oxygen atoms in total. The van der Waals surface area contributed by atoms with Gasteiger partial charge in [0.25, 0.3) is 5.56 Å². The largest absolute Gasteiger partial charge is 0.337 e. The fourth-order valence-corrected chi connectivity index (χ4v) is 4.29. The zero-order chi connectivity index (χ0) is 23.2. The summed E-state index contributed by atoms with van der Waals surface area (Å²) in [4.78, 5) is 35.4. The van der Waals surface area contributed by atoms with Crippen molar-refractivity contribution in [1.29, 1.82) is 0 Å². The van der Waals surface area contributed by atoms with Gasteiger partial charge in [0.15, 0.2) is 5.82 Å². The van der Waals surface area contributed by atoms with Crippen LogP contribution in [0.25, 0.3) is 21.9 Å². The monoisotopic (exact) mass is 474 g/mol. The maximum Gasteiger partial charge on any atom is 0.278 e. The number of aromatic nitrogens is 5. The highest BCUT2D eigenvalue weighted by Crippen LogP contribution is 2.38. The van der Waals surface area contributed by atoms with Gasteiger partial charge in [-0.1, -0.05) is 47.1 Å². The second-order valence-corrected chi connectivity index (χ2v) is 8.73. The molecule has 1 aliphatic carbocycles. The molecule has 34 heavy (non-hydrogen) atoms. The summed E-state index contributed by atoms with van der Waals surface area (Å²) in [5.74, 6) is 1.08. The first-order chi connectivity index (χ1) is 16.6. The van der Waals surface area contributed by atoms with E-state index in [1.807, 2.05) is 24.3 Å². The Morgan fingerprint density at radius 2 is 1.94 bits per heavy atom. The van der Waals surface area contributed by atoms with E-state index in [0.29, 0.717) is 39.4 Å². The molecule has 10 heteroatoms. The summed E-state index contributed by atoms with van der Waals surface area (Å²) >= 11 is 6.18. The van der Waals surface area contributed by atoms with Gasteiger partial charge in [0.1, 0.15) is 24.1 Å². The molecular weight excluding hydrogens is 456 g/mol. The van der Waals surface area contributed by atoms with E-state index in [9.17, 15) is 9.59 Å². The number of carbonyl (C=O) groups is 1. The molecular formula is C24H19ClN6O3. The second-order valence-electron chi connectivity index (χ2n) is 8.33. The number of carbonyl (C=O) groups excluding carboxylic acids is 1. The van der Waals surface area contributed by atoms with E-state index < -0.39 is 0 Å². The van der Waals surface area contributed by atoms with E-state index in [1.54, 1.807) is 28.8 Å². The fraction of sp³-hybridized carbons (Fsp3) is 0.208. The molecule has 1 saturated carbocycles. The topological polar surface area (TPSA) is 108 Å². The summed E-state index contributed by atoms with van der Waals surface area (Å²) in [7, 11) is 0. The average Bonchev–Trinajstić information content (AvgIpc) is 3.51. The number of benzene rings is 2. The molecule has 6 rings (SSSR count). The second kappa shape index (κ2) is 8.11. The molecule has 2 aromatic carbocycles. The van der Waals surface area contributed by atoms with Crippen LogP contribution in [0.5, 0.6) is 0 Å². The van der Waals surface area contributed by atoms with Crippen LogP contribution in [0.3, 0.4) is 0 Å². The van der Waals surface area contributed by atoms with Gasteiger partial charge < -0.3 is 14.4 Å². The third kappa shape index (κ3) is 3.63. The average molecular weight is 475 g/mol. The maximum atomic E-state index is 13.5. The lowest BCUT2D eigenvalue weighted by molar-refractivity contribution is -0.116. The molecule has 0 unspecified atom stereocenters. The van der Waals surface area contributed by atoms with E-state index >= 15 is 0 Å². The lowest BCUT2D eigenvalue weighted by Crippen LogP contribution is -2.25. The summed E-state index contributed by atoms with van der Waals surface area (Å²) in [5.41, 5.74) is 1.82. The number of nitrogens with one attached hydrogen (secondary N) is 1. The molecule has 0 spiro atoms. The summed E-state index contributed by atoms with van der Waals surface area (Å²) in [6.45, 7) is 0.0252. The summed E-state index contributed by atoms with van der Waals surface area (Å²) in [5, 5.41) is 8.06. The standard InChI is InChI=1S/C24H19ClN6O3/c25-16-6-2-3-7-17(16)27-19(32)11-31-18-8-4-1-5-15(18)21-22(31)24(33)30(13-26-21)12-20-28-23(29-34-20)14-9-10-14/h1-8,13-14H,9-12H2,(H,27,32). The fourth-order valence-electron chi connectivity index (χ4n) is 4.11. The van der Waals surface area contributed by atoms with Crippen LogP contribution in [0, 0.1) is 0 Å². The van der Waals surface area contributed by atoms with Gasteiger partial charge in [0.05, 0.1) is 22.6 Å². The molecule has 0 saturated heterocycles. The zero-order valence-corrected chi connectivity index (χ0v) is 18.7. The van der Waals surface area contributed by atoms with Gasteiger partial charge in [-0.2, -0.15) is 4.98 Å². The van der Waals surface area contributed by atoms with Gasteiger partial charge in [-0.25, -0.2) is 4.98 Å². The summed E-state index contributed by atoms with van der Waals surface area (Å²) < 4.78 is 8.45. The molecule has 3 heterocycles. The Bertz CT molecular complexity index is 1610. The van der Waals surface area contributed by atoms with Crippen LogP contribution in [-0.4, -0.2) is 30.2 Å². The number of hydrogen-bond donors (Lipinski definition) is 1. The predicted molar refractivity (Wildman–Crippen MR) is 127 cm³/mol. The van der Waals surface area contributed by atoms with Crippen LogP contribution in [-0.2, 0) is 17.9 Å². The van der Waals surface area contributed by atoms with Crippen LogP contribution in [0.1, 0.15) is 30.5 Å². The SMILES string of the molecule is O=C(Cn1c2ccccc2c2ncn(Cc3nc(C4CC4)no3)c(=O)c21)Nc1ccccc1Cl. The van der Waals surface area contributed by atoms with Gasteiger partial charge >= 0.3 is 0 Å². The molecule has 0 atom stereocenters. The molecule has 1 N–H and O–H groups in total. The molecule has 1 aliphatic rings. The Morgan fingerprint density at radius 1 is 1.15 bits per heavy atom. The smallest absolute Gasteiger partial charge is 0.278 e. The minimum absolute atomic E-state index is 0.0808. The Kier molecular flexibility index (Phi) is 4.91. The highest BCUT2D eigenvalue weighted by molar-refractivity contribution is 6.33. The zero-order valence-electron chi connectivity index (χ0n) is 17.9. The van der Waals surface area contributed by atoms with Crippen LogP contribution >= 0.6 is 11.6 Å². The lowest BCUT2D eigenvalue weighted by atomic mass is 10.2. The van der Waals surface area contributed by atoms with Crippen molar-refractivity contribution in [2.75, 3.05) is 5.32 Å². The molecule has 0 aliphatic heterocycles. The van der Waals surface area contributed by atoms with E-state index in [1.165, 1.54) is 10.9 Å². The van der Waals surface area contributed by atoms with Gasteiger partial charge in [-0.3, -0.25) is 14.2 Å². The van der Waals surface area contributed by atoms with E-state index in [2.05, 4.69) is 20.4 Å². The van der Waals surface area contributed by atoms with Crippen LogP contribution < -0.4 is 10.9 Å². The van der Waals surface area contributed by atoms with Gasteiger partial charge in [0.2, 0.25) is 11.8 Å². The Hall–Kier alpha value is -3.98. The van der Waals surface area contributed by atoms with E-state index in [-0.39, 0.29) is 24.6 Å². The number of rotatable bonds is 6. The summed E-state index contributed by atoms with van der Waals surface area (Å²) in [6.07, 6.45) is 3.60.